The Labute approximate surface area is 95.1 Å². The number of nitrogen functional groups attached to an aromatic ring is 1. The molecule has 1 aliphatic rings. The standard InChI is InChI=1S/C7H9N.C5H6N2O/c1-6-3-2-4-7(8)5-6;6-3-4-1-2-7-5(4)8/h2-5H,8H2,1H3;4H,1-2H2,(H,7,8). The Morgan fingerprint density at radius 2 is 2.31 bits per heavy atom. The van der Waals surface area contributed by atoms with E-state index in [1.165, 1.54) is 5.56 Å². The largest absolute Gasteiger partial charge is 0.399 e. The van der Waals surface area contributed by atoms with Crippen molar-refractivity contribution < 1.29 is 4.79 Å². The number of rotatable bonds is 0. The monoisotopic (exact) mass is 217 g/mol. The van der Waals surface area contributed by atoms with E-state index in [0.717, 1.165) is 5.69 Å². The molecular weight excluding hydrogens is 202 g/mol. The summed E-state index contributed by atoms with van der Waals surface area (Å²) in [5.41, 5.74) is 7.51. The highest BCUT2D eigenvalue weighted by atomic mass is 16.2. The zero-order valence-corrected chi connectivity index (χ0v) is 9.23. The minimum absolute atomic E-state index is 0.118. The highest BCUT2D eigenvalue weighted by molar-refractivity contribution is 5.82. The fourth-order valence-corrected chi connectivity index (χ4v) is 1.39. The van der Waals surface area contributed by atoms with Crippen molar-refractivity contribution in [2.45, 2.75) is 13.3 Å². The average molecular weight is 217 g/mol. The van der Waals surface area contributed by atoms with Crippen molar-refractivity contribution in [2.75, 3.05) is 12.3 Å². The van der Waals surface area contributed by atoms with E-state index in [2.05, 4.69) is 5.32 Å². The first-order valence-electron chi connectivity index (χ1n) is 5.13. The molecule has 1 atom stereocenters. The molecule has 1 aromatic rings. The van der Waals surface area contributed by atoms with Gasteiger partial charge in [0, 0.05) is 12.2 Å². The summed E-state index contributed by atoms with van der Waals surface area (Å²) in [5.74, 6) is -0.498. The van der Waals surface area contributed by atoms with Crippen LogP contribution in [0.5, 0.6) is 0 Å². The van der Waals surface area contributed by atoms with E-state index in [9.17, 15) is 4.79 Å². The molecule has 4 nitrogen and oxygen atoms in total. The van der Waals surface area contributed by atoms with Crippen molar-refractivity contribution in [1.29, 1.82) is 5.26 Å². The molecule has 3 N–H and O–H groups in total. The third kappa shape index (κ3) is 3.62. The maximum atomic E-state index is 10.5. The molecule has 0 radical (unpaired) electrons. The van der Waals surface area contributed by atoms with Crippen molar-refractivity contribution in [1.82, 2.24) is 5.32 Å². The number of aryl methyl sites for hydroxylation is 1. The number of nitrogens with one attached hydrogen (secondary N) is 1. The molecule has 16 heavy (non-hydrogen) atoms. The minimum Gasteiger partial charge on any atom is -0.399 e. The third-order valence-electron chi connectivity index (χ3n) is 2.25. The second-order valence-electron chi connectivity index (χ2n) is 3.68. The van der Waals surface area contributed by atoms with Crippen molar-refractivity contribution >= 4 is 11.6 Å². The summed E-state index contributed by atoms with van der Waals surface area (Å²) in [4.78, 5) is 10.5. The Kier molecular flexibility index (Phi) is 4.34. The Morgan fingerprint density at radius 1 is 1.56 bits per heavy atom. The van der Waals surface area contributed by atoms with Crippen LogP contribution in [-0.4, -0.2) is 12.5 Å². The number of amides is 1. The molecule has 84 valence electrons. The predicted molar refractivity (Wildman–Crippen MR) is 62.3 cm³/mol. The van der Waals surface area contributed by atoms with Crippen LogP contribution in [-0.2, 0) is 4.79 Å². The predicted octanol–water partition coefficient (Wildman–Crippen LogP) is 1.22. The quantitative estimate of drug-likeness (QED) is 0.641. The van der Waals surface area contributed by atoms with Gasteiger partial charge in [-0.2, -0.15) is 5.26 Å². The van der Waals surface area contributed by atoms with E-state index in [4.69, 9.17) is 11.0 Å². The normalized spacial score (nSPS) is 18.0. The van der Waals surface area contributed by atoms with E-state index in [1.807, 2.05) is 37.3 Å². The van der Waals surface area contributed by atoms with Gasteiger partial charge in [0.1, 0.15) is 5.92 Å². The highest BCUT2D eigenvalue weighted by Crippen LogP contribution is 2.05. The number of anilines is 1. The first-order chi connectivity index (χ1) is 7.63. The molecule has 4 heteroatoms. The van der Waals surface area contributed by atoms with Gasteiger partial charge < -0.3 is 11.1 Å². The number of carbonyl (C=O) groups excluding carboxylic acids is 1. The number of nitrogens with two attached hydrogens (primary N) is 1. The van der Waals surface area contributed by atoms with Crippen LogP contribution in [0.4, 0.5) is 5.69 Å². The molecule has 2 rings (SSSR count). The number of benzene rings is 1. The summed E-state index contributed by atoms with van der Waals surface area (Å²) < 4.78 is 0. The summed E-state index contributed by atoms with van der Waals surface area (Å²) in [5, 5.41) is 10.8. The van der Waals surface area contributed by atoms with Crippen LogP contribution in [0.15, 0.2) is 24.3 Å². The van der Waals surface area contributed by atoms with E-state index in [-0.39, 0.29) is 11.8 Å². The van der Waals surface area contributed by atoms with Crippen LogP contribution < -0.4 is 11.1 Å². The van der Waals surface area contributed by atoms with Crippen molar-refractivity contribution in [2.24, 2.45) is 5.92 Å². The number of nitriles is 1. The zero-order valence-electron chi connectivity index (χ0n) is 9.23. The summed E-state index contributed by atoms with van der Waals surface area (Å²) in [6.45, 7) is 2.69. The van der Waals surface area contributed by atoms with E-state index in [1.54, 1.807) is 0 Å². The van der Waals surface area contributed by atoms with Crippen LogP contribution in [0, 0.1) is 24.2 Å². The topological polar surface area (TPSA) is 78.9 Å². The molecule has 1 unspecified atom stereocenters. The number of hydrogen-bond donors (Lipinski definition) is 2. The average Bonchev–Trinajstić information content (AvgIpc) is 2.64. The highest BCUT2D eigenvalue weighted by Gasteiger charge is 2.22. The number of carbonyl (C=O) groups is 1. The van der Waals surface area contributed by atoms with Crippen LogP contribution in [0.2, 0.25) is 0 Å². The first kappa shape index (κ1) is 12.1. The maximum absolute atomic E-state index is 10.5. The van der Waals surface area contributed by atoms with Crippen LogP contribution in [0.25, 0.3) is 0 Å². The van der Waals surface area contributed by atoms with Crippen LogP contribution in [0.1, 0.15) is 12.0 Å². The fraction of sp³-hybridized carbons (Fsp3) is 0.333. The summed E-state index contributed by atoms with van der Waals surface area (Å²) in [7, 11) is 0. The van der Waals surface area contributed by atoms with E-state index < -0.39 is 0 Å². The Balaban J connectivity index is 0.000000160. The van der Waals surface area contributed by atoms with Gasteiger partial charge in [0.05, 0.1) is 6.07 Å². The molecule has 1 amide bonds. The molecule has 1 saturated heterocycles. The maximum Gasteiger partial charge on any atom is 0.237 e. The minimum atomic E-state index is -0.380. The molecule has 0 bridgehead atoms. The number of hydrogen-bond acceptors (Lipinski definition) is 3. The lowest BCUT2D eigenvalue weighted by Crippen LogP contribution is -2.17. The Morgan fingerprint density at radius 3 is 2.62 bits per heavy atom. The first-order valence-corrected chi connectivity index (χ1v) is 5.13. The smallest absolute Gasteiger partial charge is 0.237 e. The fourth-order valence-electron chi connectivity index (χ4n) is 1.39. The molecule has 0 spiro atoms. The van der Waals surface area contributed by atoms with Gasteiger partial charge in [-0.25, -0.2) is 0 Å². The molecule has 0 aliphatic carbocycles. The summed E-state index contributed by atoms with van der Waals surface area (Å²) in [6.07, 6.45) is 0.676. The second kappa shape index (κ2) is 5.76. The lowest BCUT2D eigenvalue weighted by molar-refractivity contribution is -0.121. The lowest BCUT2D eigenvalue weighted by Gasteiger charge is -1.91. The summed E-state index contributed by atoms with van der Waals surface area (Å²) in [6, 6.07) is 9.70. The molecule has 1 fully saturated rings. The van der Waals surface area contributed by atoms with E-state index >= 15 is 0 Å². The van der Waals surface area contributed by atoms with Crippen LogP contribution in [0.3, 0.4) is 0 Å². The molecule has 0 saturated carbocycles. The van der Waals surface area contributed by atoms with Gasteiger partial charge in [-0.05, 0) is 31.0 Å². The molecular formula is C12H15N3O. The van der Waals surface area contributed by atoms with Gasteiger partial charge in [-0.3, -0.25) is 4.79 Å². The second-order valence-corrected chi connectivity index (χ2v) is 3.68. The van der Waals surface area contributed by atoms with Crippen molar-refractivity contribution in [3.8, 4) is 6.07 Å². The lowest BCUT2D eigenvalue weighted by atomic mass is 10.1. The third-order valence-corrected chi connectivity index (χ3v) is 2.25. The molecule has 1 aliphatic heterocycles. The molecule has 0 aromatic heterocycles. The molecule has 1 heterocycles. The van der Waals surface area contributed by atoms with Gasteiger partial charge in [0.15, 0.2) is 0 Å². The van der Waals surface area contributed by atoms with Gasteiger partial charge in [-0.1, -0.05) is 12.1 Å². The van der Waals surface area contributed by atoms with Crippen molar-refractivity contribution in [3.63, 3.8) is 0 Å². The summed E-state index contributed by atoms with van der Waals surface area (Å²) >= 11 is 0. The molecule has 1 aromatic carbocycles. The number of nitrogens with zero attached hydrogens (tertiary/aromatic N) is 1. The van der Waals surface area contributed by atoms with Crippen molar-refractivity contribution in [3.05, 3.63) is 29.8 Å². The zero-order chi connectivity index (χ0) is 12.0. The van der Waals surface area contributed by atoms with Gasteiger partial charge in [0.2, 0.25) is 5.91 Å². The van der Waals surface area contributed by atoms with Gasteiger partial charge >= 0.3 is 0 Å². The van der Waals surface area contributed by atoms with Crippen LogP contribution >= 0.6 is 0 Å². The Hall–Kier alpha value is -2.02. The van der Waals surface area contributed by atoms with Gasteiger partial charge in [-0.15, -0.1) is 0 Å². The van der Waals surface area contributed by atoms with E-state index in [0.29, 0.717) is 13.0 Å². The van der Waals surface area contributed by atoms with Gasteiger partial charge in [0.25, 0.3) is 0 Å². The SMILES string of the molecule is Cc1cccc(N)c1.N#CC1CCNC1=O. The Bertz CT molecular complexity index is 392.